The molecule has 260 valence electrons. The molecule has 7 rings (SSSR count). The van der Waals surface area contributed by atoms with Gasteiger partial charge in [-0.05, 0) is 55.4 Å². The van der Waals surface area contributed by atoms with Crippen LogP contribution >= 0.6 is 39.1 Å². The fourth-order valence-electron chi connectivity index (χ4n) is 8.62. The number of allylic oxidation sites excluding steroid dienone is 2. The van der Waals surface area contributed by atoms with Crippen LogP contribution in [0.2, 0.25) is 0 Å². The number of benzene rings is 2. The molecule has 2 aromatic rings. The minimum absolute atomic E-state index is 0.0903. The number of aromatic hydroxyl groups is 1. The second kappa shape index (κ2) is 12.3. The van der Waals surface area contributed by atoms with Gasteiger partial charge in [-0.2, -0.15) is 0 Å². The van der Waals surface area contributed by atoms with E-state index in [9.17, 15) is 37.5 Å². The van der Waals surface area contributed by atoms with Gasteiger partial charge in [0.2, 0.25) is 11.8 Å². The lowest BCUT2D eigenvalue weighted by Crippen LogP contribution is -2.60. The van der Waals surface area contributed by atoms with Crippen LogP contribution in [0.4, 0.5) is 13.2 Å². The van der Waals surface area contributed by atoms with Crippen molar-refractivity contribution in [1.82, 2.24) is 14.7 Å². The van der Waals surface area contributed by atoms with Gasteiger partial charge in [-0.3, -0.25) is 33.9 Å². The van der Waals surface area contributed by atoms with Crippen molar-refractivity contribution in [3.8, 4) is 11.5 Å². The molecule has 3 aliphatic heterocycles. The van der Waals surface area contributed by atoms with Gasteiger partial charge in [0.1, 0.15) is 11.5 Å². The Kier molecular flexibility index (Phi) is 8.60. The number of piperidine rings is 1. The molecule has 0 bridgehead atoms. The smallest absolute Gasteiger partial charge is 0.508 e. The van der Waals surface area contributed by atoms with Crippen LogP contribution in [0.25, 0.3) is 0 Å². The average molecular weight is 785 g/mol. The van der Waals surface area contributed by atoms with Gasteiger partial charge >= 0.3 is 6.36 Å². The van der Waals surface area contributed by atoms with Crippen molar-refractivity contribution >= 4 is 62.8 Å². The van der Waals surface area contributed by atoms with E-state index in [0.717, 1.165) is 35.2 Å². The van der Waals surface area contributed by atoms with Gasteiger partial charge in [-0.25, -0.2) is 0 Å². The monoisotopic (exact) mass is 783 g/mol. The van der Waals surface area contributed by atoms with Gasteiger partial charge in [0, 0.05) is 37.2 Å². The van der Waals surface area contributed by atoms with Crippen LogP contribution in [0.3, 0.4) is 0 Å². The Morgan fingerprint density at radius 2 is 1.65 bits per heavy atom. The first-order valence-corrected chi connectivity index (χ1v) is 17.8. The van der Waals surface area contributed by atoms with E-state index in [0.29, 0.717) is 31.5 Å². The molecular formula is C34H31BrCl2F3N3O6. The number of carbonyl (C=O) groups excluding carboxylic acids is 4. The third-order valence-electron chi connectivity index (χ3n) is 10.8. The molecule has 1 saturated carbocycles. The molecule has 5 aliphatic rings. The molecule has 4 amide bonds. The number of fused-ring (bicyclic) bond motifs is 4. The van der Waals surface area contributed by atoms with E-state index in [1.807, 2.05) is 30.3 Å². The standard InChI is InChI=1S/C34H31BrCl2F3N3O6/c35-17-42-30(47)32(36)15-24-21(27(33(32,37)31(42)48)23-14-20(6-9-25(23)44)49-34(38,39)40)7-8-22-26(24)29(46)43(28(22)45)19-10-12-41(13-11-19)16-18-4-2-1-3-5-18/h1-7,9,14,19,22,24,26-27,44H,8,10-13,15-17H2. The predicted octanol–water partition coefficient (Wildman–Crippen LogP) is 5.67. The summed E-state index contributed by atoms with van der Waals surface area (Å²) in [6, 6.07) is 12.5. The zero-order valence-electron chi connectivity index (χ0n) is 25.8. The highest BCUT2D eigenvalue weighted by atomic mass is 79.9. The van der Waals surface area contributed by atoms with E-state index < -0.39 is 69.0 Å². The van der Waals surface area contributed by atoms with E-state index in [1.54, 1.807) is 6.08 Å². The first-order chi connectivity index (χ1) is 23.2. The summed E-state index contributed by atoms with van der Waals surface area (Å²) in [6.45, 7) is 2.10. The third kappa shape index (κ3) is 5.37. The summed E-state index contributed by atoms with van der Waals surface area (Å²) < 4.78 is 43.9. The number of amides is 4. The molecule has 9 nitrogen and oxygen atoms in total. The Morgan fingerprint density at radius 1 is 0.959 bits per heavy atom. The minimum Gasteiger partial charge on any atom is -0.508 e. The highest BCUT2D eigenvalue weighted by Gasteiger charge is 2.76. The number of likely N-dealkylation sites (tertiary alicyclic amines) is 3. The topological polar surface area (TPSA) is 107 Å². The number of ether oxygens (including phenoxy) is 1. The number of imide groups is 2. The zero-order valence-corrected chi connectivity index (χ0v) is 28.9. The number of hydrogen-bond acceptors (Lipinski definition) is 7. The molecule has 2 aromatic carbocycles. The third-order valence-corrected chi connectivity index (χ3v) is 12.7. The molecule has 6 atom stereocenters. The van der Waals surface area contributed by atoms with Gasteiger partial charge in [0.15, 0.2) is 9.75 Å². The van der Waals surface area contributed by atoms with Crippen LogP contribution in [0.5, 0.6) is 11.5 Å². The highest BCUT2D eigenvalue weighted by molar-refractivity contribution is 9.09. The van der Waals surface area contributed by atoms with Gasteiger partial charge in [0.25, 0.3) is 11.8 Å². The fraction of sp³-hybridized carbons (Fsp3) is 0.471. The van der Waals surface area contributed by atoms with Crippen molar-refractivity contribution in [2.24, 2.45) is 17.8 Å². The first-order valence-electron chi connectivity index (χ1n) is 15.9. The van der Waals surface area contributed by atoms with E-state index in [2.05, 4.69) is 25.6 Å². The van der Waals surface area contributed by atoms with Crippen molar-refractivity contribution in [3.63, 3.8) is 0 Å². The summed E-state index contributed by atoms with van der Waals surface area (Å²) in [6.07, 6.45) is -2.44. The lowest BCUT2D eigenvalue weighted by Gasteiger charge is -2.50. The number of rotatable bonds is 6. The van der Waals surface area contributed by atoms with E-state index >= 15 is 0 Å². The Balaban J connectivity index is 1.24. The highest BCUT2D eigenvalue weighted by Crippen LogP contribution is 2.66. The number of carbonyl (C=O) groups is 4. The molecule has 49 heavy (non-hydrogen) atoms. The maximum absolute atomic E-state index is 14.4. The molecule has 0 aromatic heterocycles. The van der Waals surface area contributed by atoms with Crippen LogP contribution in [-0.2, 0) is 25.7 Å². The van der Waals surface area contributed by atoms with Crippen molar-refractivity contribution in [2.45, 2.75) is 60.3 Å². The molecule has 2 aliphatic carbocycles. The zero-order chi connectivity index (χ0) is 35.0. The molecule has 3 saturated heterocycles. The largest absolute Gasteiger partial charge is 0.573 e. The summed E-state index contributed by atoms with van der Waals surface area (Å²) in [5, 5.41) is 11.1. The summed E-state index contributed by atoms with van der Waals surface area (Å²) in [4.78, 5) is 56.1. The molecule has 3 heterocycles. The first kappa shape index (κ1) is 34.3. The quantitative estimate of drug-likeness (QED) is 0.174. The van der Waals surface area contributed by atoms with Crippen LogP contribution in [-0.4, -0.2) is 84.1 Å². The Bertz CT molecular complexity index is 1760. The number of nitrogens with zero attached hydrogens (tertiary/aromatic N) is 3. The van der Waals surface area contributed by atoms with Crippen molar-refractivity contribution in [1.29, 1.82) is 0 Å². The lowest BCUT2D eigenvalue weighted by molar-refractivity contribution is -0.274. The Labute approximate surface area is 298 Å². The summed E-state index contributed by atoms with van der Waals surface area (Å²) in [5.41, 5.74) is 1.02. The molecular weight excluding hydrogens is 754 g/mol. The van der Waals surface area contributed by atoms with E-state index in [1.165, 1.54) is 4.90 Å². The summed E-state index contributed by atoms with van der Waals surface area (Å²) in [7, 11) is 0. The summed E-state index contributed by atoms with van der Waals surface area (Å²) in [5.74, 6) is -7.74. The molecule has 0 spiro atoms. The number of halogens is 6. The molecule has 6 unspecified atom stereocenters. The van der Waals surface area contributed by atoms with Gasteiger partial charge in [-0.1, -0.05) is 57.9 Å². The Morgan fingerprint density at radius 3 is 2.31 bits per heavy atom. The number of phenolic OH excluding ortho intramolecular Hbond substituents is 1. The summed E-state index contributed by atoms with van der Waals surface area (Å²) >= 11 is 17.5. The lowest BCUT2D eigenvalue weighted by atomic mass is 9.56. The second-order valence-corrected chi connectivity index (χ2v) is 15.0. The maximum atomic E-state index is 14.4. The molecule has 1 N–H and O–H groups in total. The number of hydrogen-bond donors (Lipinski definition) is 1. The minimum atomic E-state index is -5.07. The molecule has 15 heteroatoms. The van der Waals surface area contributed by atoms with Crippen LogP contribution in [0.15, 0.2) is 60.2 Å². The van der Waals surface area contributed by atoms with Crippen LogP contribution < -0.4 is 4.74 Å². The maximum Gasteiger partial charge on any atom is 0.573 e. The SMILES string of the molecule is O=C1C2CC=C3C(CC4(Cl)C(=O)N(CBr)C(=O)C4(Cl)C3c3cc(OC(F)(F)F)ccc3O)C2C(=O)N1C1CCN(Cc2ccccc2)CC1. The van der Waals surface area contributed by atoms with Crippen LogP contribution in [0.1, 0.15) is 42.7 Å². The normalized spacial score (nSPS) is 32.2. The fourth-order valence-corrected chi connectivity index (χ4v) is 10.0. The predicted molar refractivity (Wildman–Crippen MR) is 175 cm³/mol. The van der Waals surface area contributed by atoms with Gasteiger partial charge in [0.05, 0.1) is 17.3 Å². The van der Waals surface area contributed by atoms with Crippen molar-refractivity contribution < 1.29 is 42.2 Å². The number of alkyl halides is 6. The average Bonchev–Trinajstić information content (AvgIpc) is 3.40. The van der Waals surface area contributed by atoms with Crippen LogP contribution in [0, 0.1) is 17.8 Å². The van der Waals surface area contributed by atoms with E-state index in [4.69, 9.17) is 23.2 Å². The Hall–Kier alpha value is -3.13. The van der Waals surface area contributed by atoms with E-state index in [-0.39, 0.29) is 35.8 Å². The molecule has 4 fully saturated rings. The van der Waals surface area contributed by atoms with Gasteiger partial charge < -0.3 is 9.84 Å². The van der Waals surface area contributed by atoms with Crippen molar-refractivity contribution in [2.75, 3.05) is 18.5 Å². The number of phenols is 1. The van der Waals surface area contributed by atoms with Gasteiger partial charge in [-0.15, -0.1) is 36.4 Å². The second-order valence-electron chi connectivity index (χ2n) is 13.3. The van der Waals surface area contributed by atoms with Crippen molar-refractivity contribution in [3.05, 3.63) is 71.3 Å². The molecule has 0 radical (unpaired) electrons.